The van der Waals surface area contributed by atoms with E-state index in [1.165, 1.54) is 0 Å². The van der Waals surface area contributed by atoms with Crippen molar-refractivity contribution in [2.24, 2.45) is 5.41 Å². The van der Waals surface area contributed by atoms with Gasteiger partial charge in [-0.15, -0.1) is 0 Å². The molecular weight excluding hydrogens is 269 g/mol. The van der Waals surface area contributed by atoms with Gasteiger partial charge in [-0.3, -0.25) is 4.79 Å². The lowest BCUT2D eigenvalue weighted by Gasteiger charge is -2.32. The van der Waals surface area contributed by atoms with Crippen LogP contribution in [0.5, 0.6) is 0 Å². The minimum Gasteiger partial charge on any atom is -0.465 e. The number of piperidine rings is 1. The molecule has 0 amide bonds. The highest BCUT2D eigenvalue weighted by atomic mass is 127. The SMILES string of the molecule is O=C1OCCC12CCN(I)CC2. The molecule has 3 nitrogen and oxygen atoms in total. The zero-order valence-corrected chi connectivity index (χ0v) is 9.04. The van der Waals surface area contributed by atoms with Crippen LogP contribution in [0.3, 0.4) is 0 Å². The van der Waals surface area contributed by atoms with E-state index in [4.69, 9.17) is 4.74 Å². The molecule has 0 atom stereocenters. The molecule has 1 spiro atoms. The van der Waals surface area contributed by atoms with Crippen molar-refractivity contribution in [1.82, 2.24) is 3.11 Å². The van der Waals surface area contributed by atoms with Gasteiger partial charge in [0.2, 0.25) is 0 Å². The molecule has 68 valence electrons. The van der Waals surface area contributed by atoms with Crippen LogP contribution >= 0.6 is 22.9 Å². The van der Waals surface area contributed by atoms with E-state index in [1.807, 2.05) is 0 Å². The highest BCUT2D eigenvalue weighted by molar-refractivity contribution is 14.1. The van der Waals surface area contributed by atoms with Crippen LogP contribution in [0.4, 0.5) is 0 Å². The fourth-order valence-corrected chi connectivity index (χ4v) is 2.44. The Hall–Kier alpha value is 0.160. The van der Waals surface area contributed by atoms with Gasteiger partial charge in [0.05, 0.1) is 12.0 Å². The number of ether oxygens (including phenoxy) is 1. The summed E-state index contributed by atoms with van der Waals surface area (Å²) in [5.74, 6) is 0.0481. The van der Waals surface area contributed by atoms with Gasteiger partial charge in [0.1, 0.15) is 0 Å². The average molecular weight is 281 g/mol. The summed E-state index contributed by atoms with van der Waals surface area (Å²) >= 11 is 2.31. The zero-order chi connectivity index (χ0) is 8.60. The van der Waals surface area contributed by atoms with Crippen LogP contribution in [-0.4, -0.2) is 28.8 Å². The summed E-state index contributed by atoms with van der Waals surface area (Å²) in [6, 6.07) is 0. The fourth-order valence-electron chi connectivity index (χ4n) is 1.96. The molecule has 2 aliphatic rings. The minimum absolute atomic E-state index is 0.0481. The Balaban J connectivity index is 2.07. The number of carbonyl (C=O) groups is 1. The van der Waals surface area contributed by atoms with Crippen molar-refractivity contribution < 1.29 is 9.53 Å². The number of carbonyl (C=O) groups excluding carboxylic acids is 1. The maximum absolute atomic E-state index is 11.4. The lowest BCUT2D eigenvalue weighted by molar-refractivity contribution is -0.147. The first kappa shape index (κ1) is 8.74. The molecule has 2 rings (SSSR count). The summed E-state index contributed by atoms with van der Waals surface area (Å²) in [5.41, 5.74) is -0.0956. The number of rotatable bonds is 0. The molecule has 2 saturated heterocycles. The third-order valence-corrected chi connectivity index (χ3v) is 3.88. The predicted octanol–water partition coefficient (Wildman–Crippen LogP) is 1.37. The lowest BCUT2D eigenvalue weighted by atomic mass is 9.78. The Morgan fingerprint density at radius 3 is 2.50 bits per heavy atom. The van der Waals surface area contributed by atoms with E-state index >= 15 is 0 Å². The van der Waals surface area contributed by atoms with Crippen molar-refractivity contribution in [3.8, 4) is 0 Å². The van der Waals surface area contributed by atoms with Crippen molar-refractivity contribution in [2.75, 3.05) is 19.7 Å². The van der Waals surface area contributed by atoms with Gasteiger partial charge in [-0.1, -0.05) is 0 Å². The van der Waals surface area contributed by atoms with Gasteiger partial charge in [-0.05, 0) is 19.3 Å². The number of hydrogen-bond donors (Lipinski definition) is 0. The van der Waals surface area contributed by atoms with Gasteiger partial charge in [-0.25, -0.2) is 3.11 Å². The van der Waals surface area contributed by atoms with Crippen molar-refractivity contribution in [2.45, 2.75) is 19.3 Å². The predicted molar refractivity (Wildman–Crippen MR) is 52.8 cm³/mol. The van der Waals surface area contributed by atoms with E-state index in [0.717, 1.165) is 32.4 Å². The molecule has 0 saturated carbocycles. The van der Waals surface area contributed by atoms with Gasteiger partial charge in [0.25, 0.3) is 0 Å². The molecule has 0 bridgehead atoms. The first-order valence-corrected chi connectivity index (χ1v) is 5.27. The topological polar surface area (TPSA) is 29.5 Å². The Bertz CT molecular complexity index is 199. The van der Waals surface area contributed by atoms with Gasteiger partial charge in [0, 0.05) is 36.0 Å². The lowest BCUT2D eigenvalue weighted by Crippen LogP contribution is -2.38. The summed E-state index contributed by atoms with van der Waals surface area (Å²) < 4.78 is 7.27. The van der Waals surface area contributed by atoms with E-state index in [0.29, 0.717) is 6.61 Å². The molecule has 0 unspecified atom stereocenters. The molecule has 2 heterocycles. The summed E-state index contributed by atoms with van der Waals surface area (Å²) in [6.45, 7) is 2.69. The summed E-state index contributed by atoms with van der Waals surface area (Å²) in [5, 5.41) is 0. The summed E-state index contributed by atoms with van der Waals surface area (Å²) in [4.78, 5) is 11.4. The third-order valence-electron chi connectivity index (χ3n) is 2.91. The third kappa shape index (κ3) is 1.35. The smallest absolute Gasteiger partial charge is 0.312 e. The fraction of sp³-hybridized carbons (Fsp3) is 0.875. The van der Waals surface area contributed by atoms with Crippen LogP contribution in [0.2, 0.25) is 0 Å². The van der Waals surface area contributed by atoms with E-state index < -0.39 is 0 Å². The molecule has 12 heavy (non-hydrogen) atoms. The molecule has 0 radical (unpaired) electrons. The normalized spacial score (nSPS) is 29.2. The number of cyclic esters (lactones) is 1. The second-order valence-electron chi connectivity index (χ2n) is 3.58. The van der Waals surface area contributed by atoms with Crippen LogP contribution < -0.4 is 0 Å². The first-order chi connectivity index (χ1) is 5.73. The Labute approximate surface area is 85.9 Å². The quantitative estimate of drug-likeness (QED) is 0.381. The molecule has 4 heteroatoms. The molecule has 2 fully saturated rings. The standard InChI is InChI=1S/C8H12INO2/c9-10-4-1-8(2-5-10)3-6-12-7(8)11/h1-6H2. The maximum Gasteiger partial charge on any atom is 0.312 e. The second kappa shape index (κ2) is 3.14. The number of halogens is 1. The minimum atomic E-state index is -0.0956. The number of nitrogens with zero attached hydrogens (tertiary/aromatic N) is 1. The number of hydrogen-bond acceptors (Lipinski definition) is 3. The molecule has 0 aliphatic carbocycles. The van der Waals surface area contributed by atoms with E-state index in [2.05, 4.69) is 26.0 Å². The average Bonchev–Trinajstić information content (AvgIpc) is 2.41. The maximum atomic E-state index is 11.4. The highest BCUT2D eigenvalue weighted by Crippen LogP contribution is 2.40. The largest absolute Gasteiger partial charge is 0.465 e. The summed E-state index contributed by atoms with van der Waals surface area (Å²) in [6.07, 6.45) is 2.90. The van der Waals surface area contributed by atoms with Crippen LogP contribution in [-0.2, 0) is 9.53 Å². The van der Waals surface area contributed by atoms with Crippen molar-refractivity contribution >= 4 is 28.8 Å². The van der Waals surface area contributed by atoms with Crippen LogP contribution in [0.1, 0.15) is 19.3 Å². The van der Waals surface area contributed by atoms with Gasteiger partial charge in [-0.2, -0.15) is 0 Å². The van der Waals surface area contributed by atoms with Crippen molar-refractivity contribution in [1.29, 1.82) is 0 Å². The molecule has 2 aliphatic heterocycles. The Morgan fingerprint density at radius 1 is 1.33 bits per heavy atom. The Kier molecular flexibility index (Phi) is 2.29. The van der Waals surface area contributed by atoms with Crippen LogP contribution in [0, 0.1) is 5.41 Å². The van der Waals surface area contributed by atoms with Gasteiger partial charge >= 0.3 is 5.97 Å². The van der Waals surface area contributed by atoms with Crippen LogP contribution in [0.25, 0.3) is 0 Å². The van der Waals surface area contributed by atoms with Crippen LogP contribution in [0.15, 0.2) is 0 Å². The van der Waals surface area contributed by atoms with E-state index in [9.17, 15) is 4.79 Å². The zero-order valence-electron chi connectivity index (χ0n) is 6.88. The molecule has 0 N–H and O–H groups in total. The Morgan fingerprint density at radius 2 is 2.00 bits per heavy atom. The summed E-state index contributed by atoms with van der Waals surface area (Å²) in [7, 11) is 0. The van der Waals surface area contributed by atoms with Gasteiger partial charge < -0.3 is 4.74 Å². The van der Waals surface area contributed by atoms with E-state index in [1.54, 1.807) is 0 Å². The van der Waals surface area contributed by atoms with Gasteiger partial charge in [0.15, 0.2) is 0 Å². The number of esters is 1. The van der Waals surface area contributed by atoms with Crippen molar-refractivity contribution in [3.63, 3.8) is 0 Å². The molecule has 0 aromatic carbocycles. The second-order valence-corrected chi connectivity index (χ2v) is 4.94. The monoisotopic (exact) mass is 281 g/mol. The highest BCUT2D eigenvalue weighted by Gasteiger charge is 2.45. The molecular formula is C8H12INO2. The van der Waals surface area contributed by atoms with E-state index in [-0.39, 0.29) is 11.4 Å². The molecule has 0 aromatic heterocycles. The molecule has 0 aromatic rings. The first-order valence-electron chi connectivity index (χ1n) is 4.31. The van der Waals surface area contributed by atoms with Crippen molar-refractivity contribution in [3.05, 3.63) is 0 Å².